The molecule has 0 amide bonds. The molecule has 0 spiro atoms. The maximum atomic E-state index is 3.79. The normalized spacial score (nSPS) is 16.4. The summed E-state index contributed by atoms with van der Waals surface area (Å²) < 4.78 is 1.18. The second-order valence-electron chi connectivity index (χ2n) is 9.98. The van der Waals surface area contributed by atoms with Gasteiger partial charge < -0.3 is 0 Å². The van der Waals surface area contributed by atoms with Crippen molar-refractivity contribution < 1.29 is 0 Å². The second-order valence-corrected chi connectivity index (χ2v) is 10.8. The third-order valence-corrected chi connectivity index (χ3v) is 8.23. The molecule has 2 aliphatic carbocycles. The molecule has 152 valence electrons. The first-order chi connectivity index (χ1) is 14.8. The largest absolute Gasteiger partial charge is 0.0619 e. The number of benzene rings is 4. The molecular weight excluding hydrogens is 440 g/mol. The van der Waals surface area contributed by atoms with Crippen LogP contribution in [0.2, 0.25) is 0 Å². The molecule has 1 heteroatoms. The zero-order valence-corrected chi connectivity index (χ0v) is 20.0. The van der Waals surface area contributed by atoms with Gasteiger partial charge in [-0.3, -0.25) is 0 Å². The summed E-state index contributed by atoms with van der Waals surface area (Å²) in [6.45, 7) is 9.38. The van der Waals surface area contributed by atoms with Crippen molar-refractivity contribution >= 4 is 15.9 Å². The fourth-order valence-electron chi connectivity index (χ4n) is 5.81. The Labute approximate surface area is 193 Å². The monoisotopic (exact) mass is 464 g/mol. The molecule has 0 aliphatic heterocycles. The van der Waals surface area contributed by atoms with Gasteiger partial charge in [-0.1, -0.05) is 104 Å². The molecule has 0 radical (unpaired) electrons. The minimum atomic E-state index is -0.00328. The van der Waals surface area contributed by atoms with Gasteiger partial charge in [-0.25, -0.2) is 0 Å². The molecule has 0 bridgehead atoms. The summed E-state index contributed by atoms with van der Waals surface area (Å²) in [7, 11) is 0. The summed E-state index contributed by atoms with van der Waals surface area (Å²) in [4.78, 5) is 0. The molecule has 0 heterocycles. The lowest BCUT2D eigenvalue weighted by Gasteiger charge is -2.23. The minimum Gasteiger partial charge on any atom is -0.0619 e. The van der Waals surface area contributed by atoms with Crippen molar-refractivity contribution in [1.82, 2.24) is 0 Å². The first-order valence-electron chi connectivity index (χ1n) is 11.0. The van der Waals surface area contributed by atoms with Crippen molar-refractivity contribution in [2.75, 3.05) is 0 Å². The van der Waals surface area contributed by atoms with Crippen LogP contribution in [0.4, 0.5) is 0 Å². The average Bonchev–Trinajstić information content (AvgIpc) is 3.14. The van der Waals surface area contributed by atoms with Crippen LogP contribution in [-0.2, 0) is 10.8 Å². The standard InChI is InChI=1S/C30H25Br/c1-29(2)23-9-6-5-8-20(23)21-14-12-18(16-25(21)29)19-13-15-22-26(17-19)30(3,4)24-10-7-11-27(31)28(22)24/h5-17H,1-4H3. The molecule has 0 N–H and O–H groups in total. The predicted octanol–water partition coefficient (Wildman–Crippen LogP) is 8.73. The van der Waals surface area contributed by atoms with E-state index in [4.69, 9.17) is 0 Å². The molecule has 0 nitrogen and oxygen atoms in total. The molecule has 4 aromatic carbocycles. The van der Waals surface area contributed by atoms with E-state index in [1.807, 2.05) is 0 Å². The smallest absolute Gasteiger partial charge is 0.0256 e. The van der Waals surface area contributed by atoms with Crippen molar-refractivity contribution in [3.05, 3.63) is 106 Å². The van der Waals surface area contributed by atoms with E-state index < -0.39 is 0 Å². The topological polar surface area (TPSA) is 0 Å². The fourth-order valence-corrected chi connectivity index (χ4v) is 6.39. The van der Waals surface area contributed by atoms with Crippen molar-refractivity contribution in [2.45, 2.75) is 38.5 Å². The Balaban J connectivity index is 1.51. The lowest BCUT2D eigenvalue weighted by Crippen LogP contribution is -2.15. The molecule has 0 saturated heterocycles. The van der Waals surface area contributed by atoms with Gasteiger partial charge in [-0.15, -0.1) is 0 Å². The van der Waals surface area contributed by atoms with Gasteiger partial charge in [0.25, 0.3) is 0 Å². The Kier molecular flexibility index (Phi) is 3.82. The first kappa shape index (κ1) is 19.1. The molecule has 0 fully saturated rings. The Hall–Kier alpha value is -2.64. The average molecular weight is 465 g/mol. The summed E-state index contributed by atoms with van der Waals surface area (Å²) in [6, 6.07) is 29.5. The summed E-state index contributed by atoms with van der Waals surface area (Å²) in [5.41, 5.74) is 13.7. The van der Waals surface area contributed by atoms with Gasteiger partial charge in [0.1, 0.15) is 0 Å². The molecule has 2 aliphatic rings. The van der Waals surface area contributed by atoms with Crippen molar-refractivity contribution in [1.29, 1.82) is 0 Å². The summed E-state index contributed by atoms with van der Waals surface area (Å²) in [5, 5.41) is 0. The number of halogens is 1. The molecule has 0 unspecified atom stereocenters. The van der Waals surface area contributed by atoms with Crippen LogP contribution >= 0.6 is 15.9 Å². The van der Waals surface area contributed by atoms with E-state index >= 15 is 0 Å². The van der Waals surface area contributed by atoms with Crippen LogP contribution < -0.4 is 0 Å². The highest BCUT2D eigenvalue weighted by atomic mass is 79.9. The Morgan fingerprint density at radius 2 is 1.06 bits per heavy atom. The molecule has 0 atom stereocenters. The quantitative estimate of drug-likeness (QED) is 0.264. The van der Waals surface area contributed by atoms with Gasteiger partial charge >= 0.3 is 0 Å². The van der Waals surface area contributed by atoms with Gasteiger partial charge in [0.05, 0.1) is 0 Å². The summed E-state index contributed by atoms with van der Waals surface area (Å²) in [6.07, 6.45) is 0. The fraction of sp³-hybridized carbons (Fsp3) is 0.200. The molecule has 0 aromatic heterocycles. The number of fused-ring (bicyclic) bond motifs is 6. The van der Waals surface area contributed by atoms with E-state index in [2.05, 4.69) is 122 Å². The second kappa shape index (κ2) is 6.20. The van der Waals surface area contributed by atoms with E-state index in [-0.39, 0.29) is 10.8 Å². The van der Waals surface area contributed by atoms with Crippen LogP contribution in [0, 0.1) is 0 Å². The van der Waals surface area contributed by atoms with Gasteiger partial charge in [0.2, 0.25) is 0 Å². The van der Waals surface area contributed by atoms with E-state index in [0.29, 0.717) is 0 Å². The zero-order chi connectivity index (χ0) is 21.5. The summed E-state index contributed by atoms with van der Waals surface area (Å²) in [5.74, 6) is 0. The summed E-state index contributed by atoms with van der Waals surface area (Å²) >= 11 is 3.79. The Morgan fingerprint density at radius 1 is 0.516 bits per heavy atom. The van der Waals surface area contributed by atoms with Crippen LogP contribution in [0.15, 0.2) is 83.3 Å². The molecular formula is C30H25Br. The van der Waals surface area contributed by atoms with E-state index in [9.17, 15) is 0 Å². The molecule has 31 heavy (non-hydrogen) atoms. The SMILES string of the molecule is CC1(C)c2ccccc2-c2ccc(-c3ccc4c(c3)C(C)(C)c3cccc(Br)c3-4)cc21. The highest BCUT2D eigenvalue weighted by molar-refractivity contribution is 9.10. The number of rotatable bonds is 1. The molecule has 4 aromatic rings. The van der Waals surface area contributed by atoms with Gasteiger partial charge in [-0.05, 0) is 68.3 Å². The number of hydrogen-bond donors (Lipinski definition) is 0. The van der Waals surface area contributed by atoms with Gasteiger partial charge in [-0.2, -0.15) is 0 Å². The van der Waals surface area contributed by atoms with Crippen LogP contribution in [-0.4, -0.2) is 0 Å². The van der Waals surface area contributed by atoms with E-state index in [1.165, 1.54) is 60.1 Å². The van der Waals surface area contributed by atoms with Crippen LogP contribution in [0.25, 0.3) is 33.4 Å². The first-order valence-corrected chi connectivity index (χ1v) is 11.8. The highest BCUT2D eigenvalue weighted by Gasteiger charge is 2.37. The lowest BCUT2D eigenvalue weighted by atomic mass is 9.80. The van der Waals surface area contributed by atoms with Crippen LogP contribution in [0.1, 0.15) is 49.9 Å². The molecule has 0 saturated carbocycles. The Bertz CT molecular complexity index is 1390. The van der Waals surface area contributed by atoms with E-state index in [0.717, 1.165) is 0 Å². The van der Waals surface area contributed by atoms with Crippen LogP contribution in [0.5, 0.6) is 0 Å². The van der Waals surface area contributed by atoms with Crippen molar-refractivity contribution in [2.24, 2.45) is 0 Å². The highest BCUT2D eigenvalue weighted by Crippen LogP contribution is 2.53. The third kappa shape index (κ3) is 2.47. The van der Waals surface area contributed by atoms with Crippen molar-refractivity contribution in [3.8, 4) is 33.4 Å². The van der Waals surface area contributed by atoms with Crippen molar-refractivity contribution in [3.63, 3.8) is 0 Å². The zero-order valence-electron chi connectivity index (χ0n) is 18.4. The van der Waals surface area contributed by atoms with E-state index in [1.54, 1.807) is 0 Å². The maximum Gasteiger partial charge on any atom is 0.0256 e. The van der Waals surface area contributed by atoms with Gasteiger partial charge in [0, 0.05) is 20.9 Å². The third-order valence-electron chi connectivity index (χ3n) is 7.57. The molecule has 6 rings (SSSR count). The lowest BCUT2D eigenvalue weighted by molar-refractivity contribution is 0.659. The maximum absolute atomic E-state index is 3.79. The predicted molar refractivity (Wildman–Crippen MR) is 135 cm³/mol. The Morgan fingerprint density at radius 3 is 1.81 bits per heavy atom. The number of hydrogen-bond acceptors (Lipinski definition) is 0. The van der Waals surface area contributed by atoms with Gasteiger partial charge in [0.15, 0.2) is 0 Å². The minimum absolute atomic E-state index is 0.00328. The van der Waals surface area contributed by atoms with Crippen LogP contribution in [0.3, 0.4) is 0 Å².